The Balaban J connectivity index is 1.12. The summed E-state index contributed by atoms with van der Waals surface area (Å²) in [6.45, 7) is 4.54. The Morgan fingerprint density at radius 2 is 1.81 bits per heavy atom. The lowest BCUT2D eigenvalue weighted by Crippen LogP contribution is -2.47. The predicted octanol–water partition coefficient (Wildman–Crippen LogP) is 3.03. The lowest BCUT2D eigenvalue weighted by atomic mass is 10.0. The standard InChI is InChI=1S/C25H31N3O4/c1-27(22-10-13-30-16-22)20-8-11-28(12-9-20)21-5-3-19(4-6-21)25(29)26-15-18-2-7-23-24(14-18)32-17-31-23/h2-7,14,20,22H,8-13,15-17H2,1H3,(H,26,29)/t22-/m1/s1. The molecule has 2 aromatic rings. The van der Waals surface area contributed by atoms with Crippen LogP contribution in [0.1, 0.15) is 35.2 Å². The van der Waals surface area contributed by atoms with Gasteiger partial charge < -0.3 is 24.4 Å². The Kier molecular flexibility index (Phi) is 6.19. The number of anilines is 1. The molecule has 2 fully saturated rings. The monoisotopic (exact) mass is 437 g/mol. The Bertz CT molecular complexity index is 935. The number of carbonyl (C=O) groups excluding carboxylic acids is 1. The molecule has 3 aliphatic rings. The number of piperidine rings is 1. The summed E-state index contributed by atoms with van der Waals surface area (Å²) in [5, 5.41) is 2.99. The maximum Gasteiger partial charge on any atom is 0.251 e. The molecule has 7 nitrogen and oxygen atoms in total. The Morgan fingerprint density at radius 3 is 2.56 bits per heavy atom. The molecule has 0 saturated carbocycles. The van der Waals surface area contributed by atoms with Gasteiger partial charge in [0.05, 0.1) is 6.61 Å². The van der Waals surface area contributed by atoms with Crippen LogP contribution in [-0.4, -0.2) is 63.0 Å². The predicted molar refractivity (Wildman–Crippen MR) is 122 cm³/mol. The summed E-state index contributed by atoms with van der Waals surface area (Å²) >= 11 is 0. The number of likely N-dealkylation sites (N-methyl/N-ethyl adjacent to an activating group) is 1. The molecule has 3 heterocycles. The SMILES string of the molecule is CN(C1CCN(c2ccc(C(=O)NCc3ccc4c(c3)OCO4)cc2)CC1)[C@@H]1CCOC1. The molecular weight excluding hydrogens is 406 g/mol. The van der Waals surface area contributed by atoms with Crippen molar-refractivity contribution in [2.45, 2.75) is 37.9 Å². The summed E-state index contributed by atoms with van der Waals surface area (Å²) in [6, 6.07) is 14.9. The Morgan fingerprint density at radius 1 is 1.03 bits per heavy atom. The zero-order valence-electron chi connectivity index (χ0n) is 18.6. The van der Waals surface area contributed by atoms with Crippen molar-refractivity contribution in [1.82, 2.24) is 10.2 Å². The van der Waals surface area contributed by atoms with E-state index in [-0.39, 0.29) is 12.7 Å². The van der Waals surface area contributed by atoms with Crippen LogP contribution in [-0.2, 0) is 11.3 Å². The average molecular weight is 438 g/mol. The van der Waals surface area contributed by atoms with Crippen LogP contribution in [0, 0.1) is 0 Å². The van der Waals surface area contributed by atoms with Crippen molar-refractivity contribution in [1.29, 1.82) is 0 Å². The third-order valence-electron chi connectivity index (χ3n) is 6.91. The fraction of sp³-hybridized carbons (Fsp3) is 0.480. The molecule has 1 atom stereocenters. The van der Waals surface area contributed by atoms with Crippen molar-refractivity contribution in [2.75, 3.05) is 45.0 Å². The molecule has 7 heteroatoms. The van der Waals surface area contributed by atoms with Crippen LogP contribution < -0.4 is 19.7 Å². The minimum atomic E-state index is -0.0756. The van der Waals surface area contributed by atoms with Crippen LogP contribution in [0.5, 0.6) is 11.5 Å². The molecule has 2 saturated heterocycles. The van der Waals surface area contributed by atoms with Gasteiger partial charge in [-0.15, -0.1) is 0 Å². The second-order valence-corrected chi connectivity index (χ2v) is 8.82. The fourth-order valence-electron chi connectivity index (χ4n) is 4.83. The number of ether oxygens (including phenoxy) is 3. The highest BCUT2D eigenvalue weighted by Crippen LogP contribution is 2.32. The van der Waals surface area contributed by atoms with Crippen molar-refractivity contribution in [3.63, 3.8) is 0 Å². The summed E-state index contributed by atoms with van der Waals surface area (Å²) in [5.41, 5.74) is 2.84. The highest BCUT2D eigenvalue weighted by Gasteiger charge is 2.29. The first-order valence-corrected chi connectivity index (χ1v) is 11.5. The first kappa shape index (κ1) is 21.1. The van der Waals surface area contributed by atoms with Crippen molar-refractivity contribution >= 4 is 11.6 Å². The molecule has 0 spiro atoms. The molecule has 0 aliphatic carbocycles. The van der Waals surface area contributed by atoms with Gasteiger partial charge in [-0.05, 0) is 68.3 Å². The normalized spacial score (nSPS) is 20.7. The van der Waals surface area contributed by atoms with Gasteiger partial charge in [-0.3, -0.25) is 9.69 Å². The molecule has 170 valence electrons. The molecule has 1 amide bonds. The highest BCUT2D eigenvalue weighted by molar-refractivity contribution is 5.94. The van der Waals surface area contributed by atoms with E-state index in [2.05, 4.69) is 34.3 Å². The van der Waals surface area contributed by atoms with E-state index in [4.69, 9.17) is 14.2 Å². The number of nitrogens with zero attached hydrogens (tertiary/aromatic N) is 2. The van der Waals surface area contributed by atoms with Gasteiger partial charge in [0.15, 0.2) is 11.5 Å². The van der Waals surface area contributed by atoms with Crippen LogP contribution in [0.4, 0.5) is 5.69 Å². The molecule has 0 unspecified atom stereocenters. The highest BCUT2D eigenvalue weighted by atomic mass is 16.7. The van der Waals surface area contributed by atoms with Crippen LogP contribution in [0.3, 0.4) is 0 Å². The number of amides is 1. The van der Waals surface area contributed by atoms with Gasteiger partial charge in [0.2, 0.25) is 6.79 Å². The molecule has 0 radical (unpaired) electrons. The lowest BCUT2D eigenvalue weighted by Gasteiger charge is -2.40. The van der Waals surface area contributed by atoms with Gasteiger partial charge in [-0.2, -0.15) is 0 Å². The quantitative estimate of drug-likeness (QED) is 0.750. The number of hydrogen-bond acceptors (Lipinski definition) is 6. The minimum Gasteiger partial charge on any atom is -0.454 e. The van der Waals surface area contributed by atoms with Crippen molar-refractivity contribution in [2.24, 2.45) is 0 Å². The maximum absolute atomic E-state index is 12.6. The summed E-state index contributed by atoms with van der Waals surface area (Å²) < 4.78 is 16.3. The summed E-state index contributed by atoms with van der Waals surface area (Å²) in [7, 11) is 2.25. The van der Waals surface area contributed by atoms with Crippen LogP contribution in [0.2, 0.25) is 0 Å². The molecule has 3 aliphatic heterocycles. The van der Waals surface area contributed by atoms with E-state index in [1.54, 1.807) is 0 Å². The van der Waals surface area contributed by atoms with E-state index in [0.717, 1.165) is 62.6 Å². The second kappa shape index (κ2) is 9.38. The number of carbonyl (C=O) groups is 1. The van der Waals surface area contributed by atoms with Gasteiger partial charge in [-0.25, -0.2) is 0 Å². The summed E-state index contributed by atoms with van der Waals surface area (Å²) in [5.74, 6) is 1.40. The van der Waals surface area contributed by atoms with Crippen molar-refractivity contribution in [3.05, 3.63) is 53.6 Å². The topological polar surface area (TPSA) is 63.3 Å². The smallest absolute Gasteiger partial charge is 0.251 e. The first-order valence-electron chi connectivity index (χ1n) is 11.5. The zero-order valence-corrected chi connectivity index (χ0v) is 18.6. The maximum atomic E-state index is 12.6. The summed E-state index contributed by atoms with van der Waals surface area (Å²) in [6.07, 6.45) is 3.46. The molecule has 0 bridgehead atoms. The van der Waals surface area contributed by atoms with Crippen LogP contribution in [0.15, 0.2) is 42.5 Å². The van der Waals surface area contributed by atoms with Gasteiger partial charge in [0, 0.05) is 49.6 Å². The van der Waals surface area contributed by atoms with Gasteiger partial charge in [-0.1, -0.05) is 6.07 Å². The molecule has 0 aromatic heterocycles. The number of hydrogen-bond donors (Lipinski definition) is 1. The number of nitrogens with one attached hydrogen (secondary N) is 1. The van der Waals surface area contributed by atoms with E-state index >= 15 is 0 Å². The van der Waals surface area contributed by atoms with E-state index in [0.29, 0.717) is 24.2 Å². The minimum absolute atomic E-state index is 0.0756. The number of rotatable bonds is 6. The molecule has 32 heavy (non-hydrogen) atoms. The third kappa shape index (κ3) is 4.54. The molecule has 2 aromatic carbocycles. The first-order chi connectivity index (χ1) is 15.7. The zero-order chi connectivity index (χ0) is 21.9. The molecule has 5 rings (SSSR count). The van der Waals surface area contributed by atoms with Crippen LogP contribution in [0.25, 0.3) is 0 Å². The fourth-order valence-corrected chi connectivity index (χ4v) is 4.83. The molecule has 1 N–H and O–H groups in total. The molecular formula is C25H31N3O4. The summed E-state index contributed by atoms with van der Waals surface area (Å²) in [4.78, 5) is 17.5. The second-order valence-electron chi connectivity index (χ2n) is 8.82. The van der Waals surface area contributed by atoms with E-state index < -0.39 is 0 Å². The van der Waals surface area contributed by atoms with Crippen molar-refractivity contribution < 1.29 is 19.0 Å². The van der Waals surface area contributed by atoms with Crippen molar-refractivity contribution in [3.8, 4) is 11.5 Å². The Labute approximate surface area is 189 Å². The van der Waals surface area contributed by atoms with Gasteiger partial charge >= 0.3 is 0 Å². The van der Waals surface area contributed by atoms with Crippen LogP contribution >= 0.6 is 0 Å². The van der Waals surface area contributed by atoms with Gasteiger partial charge in [0.25, 0.3) is 5.91 Å². The average Bonchev–Trinajstić information content (AvgIpc) is 3.54. The van der Waals surface area contributed by atoms with Gasteiger partial charge in [0.1, 0.15) is 0 Å². The number of benzene rings is 2. The van der Waals surface area contributed by atoms with E-state index in [1.807, 2.05) is 30.3 Å². The number of fused-ring (bicyclic) bond motifs is 1. The lowest BCUT2D eigenvalue weighted by molar-refractivity contribution is 0.0951. The largest absolute Gasteiger partial charge is 0.454 e. The van der Waals surface area contributed by atoms with E-state index in [9.17, 15) is 4.79 Å². The Hall–Kier alpha value is -2.77. The third-order valence-corrected chi connectivity index (χ3v) is 6.91. The van der Waals surface area contributed by atoms with E-state index in [1.165, 1.54) is 5.69 Å².